The number of nitrogens with two attached hydrogens (primary N) is 1. The molecule has 0 aliphatic carbocycles. The fraction of sp³-hybridized carbons (Fsp3) is 0.455. The average molecular weight is 356 g/mol. The van der Waals surface area contributed by atoms with E-state index in [0.29, 0.717) is 18.0 Å². The van der Waals surface area contributed by atoms with Crippen LogP contribution in [-0.2, 0) is 10.0 Å². The van der Waals surface area contributed by atoms with Crippen molar-refractivity contribution < 1.29 is 8.42 Å². The van der Waals surface area contributed by atoms with Gasteiger partial charge < -0.3 is 5.73 Å². The van der Waals surface area contributed by atoms with E-state index in [4.69, 9.17) is 5.73 Å². The molecule has 0 radical (unpaired) electrons. The van der Waals surface area contributed by atoms with Crippen molar-refractivity contribution in [3.63, 3.8) is 0 Å². The Labute approximate surface area is 122 Å². The first-order valence-corrected chi connectivity index (χ1v) is 7.75. The number of hydrogen-bond donors (Lipinski definition) is 1. The summed E-state index contributed by atoms with van der Waals surface area (Å²) in [5, 5.41) is 0. The fourth-order valence-electron chi connectivity index (χ4n) is 1.89. The number of hydrogen-bond acceptors (Lipinski definition) is 3. The largest absolute Gasteiger partial charge is 0.328 e. The summed E-state index contributed by atoms with van der Waals surface area (Å²) in [6.45, 7) is 1.02. The van der Waals surface area contributed by atoms with Gasteiger partial charge >= 0.3 is 0 Å². The van der Waals surface area contributed by atoms with E-state index in [-0.39, 0.29) is 18.4 Å². The van der Waals surface area contributed by atoms with Crippen LogP contribution < -0.4 is 5.73 Å². The molecule has 0 aromatic heterocycles. The quantitative estimate of drug-likeness (QED) is 0.882. The summed E-state index contributed by atoms with van der Waals surface area (Å²) in [4.78, 5) is 0.336. The molecule has 0 atom stereocenters. The predicted octanol–water partition coefficient (Wildman–Crippen LogP) is 1.98. The minimum atomic E-state index is -3.36. The van der Waals surface area contributed by atoms with Gasteiger partial charge in [-0.1, -0.05) is 22.0 Å². The maximum atomic E-state index is 12.3. The summed E-state index contributed by atoms with van der Waals surface area (Å²) in [5.41, 5.74) is 5.77. The summed E-state index contributed by atoms with van der Waals surface area (Å²) in [6.07, 6.45) is 1.46. The second-order valence-corrected chi connectivity index (χ2v) is 7.05. The van der Waals surface area contributed by atoms with Crippen LogP contribution in [0.15, 0.2) is 33.6 Å². The summed E-state index contributed by atoms with van der Waals surface area (Å²) in [5.74, 6) is 0. The second kappa shape index (κ2) is 6.34. The van der Waals surface area contributed by atoms with Gasteiger partial charge in [0.25, 0.3) is 0 Å². The standard InChI is InChI=1S/C11H15BrN2O2S.ClH/c12-9-2-1-3-11(8-9)17(15,16)14-6-4-10(13)5-7-14;/h1-3,8,10H,4-7,13H2;1H. The highest BCUT2D eigenvalue weighted by molar-refractivity contribution is 9.10. The Hall–Kier alpha value is -0.140. The van der Waals surface area contributed by atoms with E-state index >= 15 is 0 Å². The van der Waals surface area contributed by atoms with Crippen molar-refractivity contribution in [1.29, 1.82) is 0 Å². The molecule has 1 aliphatic heterocycles. The molecule has 0 saturated carbocycles. The normalized spacial score (nSPS) is 18.3. The molecule has 0 spiro atoms. The van der Waals surface area contributed by atoms with Gasteiger partial charge in [-0.05, 0) is 31.0 Å². The zero-order valence-electron chi connectivity index (χ0n) is 9.75. The topological polar surface area (TPSA) is 63.4 Å². The molecule has 4 nitrogen and oxygen atoms in total. The molecule has 18 heavy (non-hydrogen) atoms. The molecule has 102 valence electrons. The number of sulfonamides is 1. The van der Waals surface area contributed by atoms with E-state index in [0.717, 1.165) is 17.3 Å². The molecular weight excluding hydrogens is 340 g/mol. The number of benzene rings is 1. The molecule has 1 aromatic rings. The highest BCUT2D eigenvalue weighted by atomic mass is 79.9. The van der Waals surface area contributed by atoms with Crippen molar-refractivity contribution in [2.75, 3.05) is 13.1 Å². The molecule has 0 amide bonds. The zero-order chi connectivity index (χ0) is 12.5. The lowest BCUT2D eigenvalue weighted by Crippen LogP contribution is -2.42. The van der Waals surface area contributed by atoms with E-state index in [1.165, 1.54) is 4.31 Å². The molecule has 1 aromatic carbocycles. The summed E-state index contributed by atoms with van der Waals surface area (Å²) in [6, 6.07) is 6.92. The third kappa shape index (κ3) is 3.45. The lowest BCUT2D eigenvalue weighted by Gasteiger charge is -2.29. The molecule has 2 rings (SSSR count). The van der Waals surface area contributed by atoms with E-state index < -0.39 is 10.0 Å². The van der Waals surface area contributed by atoms with Gasteiger partial charge in [0.15, 0.2) is 0 Å². The van der Waals surface area contributed by atoms with Crippen LogP contribution in [0.4, 0.5) is 0 Å². The molecule has 1 aliphatic rings. The van der Waals surface area contributed by atoms with E-state index in [1.54, 1.807) is 18.2 Å². The number of halogens is 2. The summed E-state index contributed by atoms with van der Waals surface area (Å²) < 4.78 is 26.9. The SMILES string of the molecule is Cl.NC1CCN(S(=O)(=O)c2cccc(Br)c2)CC1. The summed E-state index contributed by atoms with van der Waals surface area (Å²) in [7, 11) is -3.36. The van der Waals surface area contributed by atoms with Crippen LogP contribution in [0.3, 0.4) is 0 Å². The van der Waals surface area contributed by atoms with Gasteiger partial charge in [0, 0.05) is 23.6 Å². The molecule has 1 heterocycles. The van der Waals surface area contributed by atoms with Gasteiger partial charge in [-0.2, -0.15) is 4.31 Å². The van der Waals surface area contributed by atoms with Crippen molar-refractivity contribution in [1.82, 2.24) is 4.31 Å². The molecular formula is C11H16BrClN2O2S. The first-order chi connectivity index (χ1) is 8.00. The molecule has 0 bridgehead atoms. The minimum Gasteiger partial charge on any atom is -0.328 e. The molecule has 2 N–H and O–H groups in total. The Balaban J connectivity index is 0.00000162. The minimum absolute atomic E-state index is 0. The molecule has 0 unspecified atom stereocenters. The first-order valence-electron chi connectivity index (χ1n) is 5.51. The molecule has 1 fully saturated rings. The highest BCUT2D eigenvalue weighted by Crippen LogP contribution is 2.22. The van der Waals surface area contributed by atoms with Crippen molar-refractivity contribution in [2.24, 2.45) is 5.73 Å². The van der Waals surface area contributed by atoms with Gasteiger partial charge in [0.05, 0.1) is 4.90 Å². The van der Waals surface area contributed by atoms with Crippen molar-refractivity contribution in [3.8, 4) is 0 Å². The fourth-order valence-corrected chi connectivity index (χ4v) is 3.96. The van der Waals surface area contributed by atoms with Gasteiger partial charge in [-0.25, -0.2) is 8.42 Å². The first kappa shape index (κ1) is 15.9. The van der Waals surface area contributed by atoms with Crippen LogP contribution in [-0.4, -0.2) is 31.9 Å². The number of piperidine rings is 1. The Morgan fingerprint density at radius 2 is 1.89 bits per heavy atom. The number of rotatable bonds is 2. The Morgan fingerprint density at radius 3 is 2.44 bits per heavy atom. The molecule has 1 saturated heterocycles. The van der Waals surface area contributed by atoms with Crippen molar-refractivity contribution >= 4 is 38.4 Å². The average Bonchev–Trinajstić information content (AvgIpc) is 2.29. The van der Waals surface area contributed by atoms with E-state index in [9.17, 15) is 8.42 Å². The van der Waals surface area contributed by atoms with E-state index in [1.807, 2.05) is 6.07 Å². The smallest absolute Gasteiger partial charge is 0.243 e. The van der Waals surface area contributed by atoms with Gasteiger partial charge in [0.1, 0.15) is 0 Å². The summed E-state index contributed by atoms with van der Waals surface area (Å²) >= 11 is 3.29. The van der Waals surface area contributed by atoms with Crippen LogP contribution in [0.25, 0.3) is 0 Å². The Kier molecular flexibility index (Phi) is 5.61. The second-order valence-electron chi connectivity index (χ2n) is 4.20. The van der Waals surface area contributed by atoms with Crippen LogP contribution in [0, 0.1) is 0 Å². The van der Waals surface area contributed by atoms with Crippen LogP contribution >= 0.6 is 28.3 Å². The Bertz CT molecular complexity index is 502. The molecule has 7 heteroatoms. The van der Waals surface area contributed by atoms with Gasteiger partial charge in [0.2, 0.25) is 10.0 Å². The third-order valence-electron chi connectivity index (χ3n) is 2.93. The van der Waals surface area contributed by atoms with Crippen molar-refractivity contribution in [2.45, 2.75) is 23.8 Å². The van der Waals surface area contributed by atoms with Crippen molar-refractivity contribution in [3.05, 3.63) is 28.7 Å². The van der Waals surface area contributed by atoms with Crippen LogP contribution in [0.1, 0.15) is 12.8 Å². The van der Waals surface area contributed by atoms with Crippen LogP contribution in [0.5, 0.6) is 0 Å². The highest BCUT2D eigenvalue weighted by Gasteiger charge is 2.28. The lowest BCUT2D eigenvalue weighted by molar-refractivity contribution is 0.320. The number of nitrogens with zero attached hydrogens (tertiary/aromatic N) is 1. The van der Waals surface area contributed by atoms with E-state index in [2.05, 4.69) is 15.9 Å². The monoisotopic (exact) mass is 354 g/mol. The van der Waals surface area contributed by atoms with Crippen LogP contribution in [0.2, 0.25) is 0 Å². The third-order valence-corrected chi connectivity index (χ3v) is 5.32. The Morgan fingerprint density at radius 1 is 1.28 bits per heavy atom. The lowest BCUT2D eigenvalue weighted by atomic mass is 10.1. The maximum absolute atomic E-state index is 12.3. The zero-order valence-corrected chi connectivity index (χ0v) is 13.0. The maximum Gasteiger partial charge on any atom is 0.243 e. The predicted molar refractivity (Wildman–Crippen MR) is 77.4 cm³/mol. The van der Waals surface area contributed by atoms with Gasteiger partial charge in [-0.3, -0.25) is 0 Å². The van der Waals surface area contributed by atoms with Gasteiger partial charge in [-0.15, -0.1) is 12.4 Å².